The molecular weight excluding hydrogens is 481 g/mol. The van der Waals surface area contributed by atoms with E-state index >= 15 is 4.39 Å². The van der Waals surface area contributed by atoms with E-state index in [0.29, 0.717) is 6.07 Å². The Morgan fingerprint density at radius 2 is 1.09 bits per heavy atom. The minimum Gasteiger partial charge on any atom is -0.206 e. The fourth-order valence-corrected chi connectivity index (χ4v) is 3.08. The Hall–Kier alpha value is -5.37. The molecule has 0 N–H and O–H groups in total. The molecule has 0 amide bonds. The molecule has 0 heterocycles. The Morgan fingerprint density at radius 1 is 0.629 bits per heavy atom. The number of alkyl halides is 6. The molecule has 0 saturated carbocycles. The molecule has 0 fully saturated rings. The lowest BCUT2D eigenvalue weighted by atomic mass is 9.91. The molecule has 0 aliphatic carbocycles. The van der Waals surface area contributed by atoms with Gasteiger partial charge in [-0.1, -0.05) is 0 Å². The molecule has 0 aromatic heterocycles. The van der Waals surface area contributed by atoms with Crippen molar-refractivity contribution in [2.24, 2.45) is 0 Å². The first-order valence-electron chi connectivity index (χ1n) is 8.65. The predicted molar refractivity (Wildman–Crippen MR) is 99.0 cm³/mol. The van der Waals surface area contributed by atoms with Crippen LogP contribution in [-0.4, -0.2) is 0 Å². The van der Waals surface area contributed by atoms with Gasteiger partial charge in [0.05, 0.1) is 33.4 Å². The molecule has 2 aromatic rings. The van der Waals surface area contributed by atoms with Crippen molar-refractivity contribution in [3.63, 3.8) is 0 Å². The molecule has 0 aliphatic rings. The minimum atomic E-state index is -5.50. The van der Waals surface area contributed by atoms with E-state index in [4.69, 9.17) is 15.8 Å². The van der Waals surface area contributed by atoms with Crippen LogP contribution < -0.4 is 10.4 Å². The minimum absolute atomic E-state index is 0.00894. The summed E-state index contributed by atoms with van der Waals surface area (Å²) < 4.78 is 95.9. The van der Waals surface area contributed by atoms with Gasteiger partial charge in [-0.3, -0.25) is 0 Å². The van der Waals surface area contributed by atoms with Gasteiger partial charge in [0.2, 0.25) is 0 Å². The van der Waals surface area contributed by atoms with Crippen molar-refractivity contribution >= 4 is 11.1 Å². The summed E-state index contributed by atoms with van der Waals surface area (Å²) in [5.74, 6) is -1.58. The van der Waals surface area contributed by atoms with E-state index in [-0.39, 0.29) is 12.1 Å². The second-order valence-electron chi connectivity index (χ2n) is 6.39. The highest BCUT2D eigenvalue weighted by atomic mass is 19.4. The molecule has 0 spiro atoms. The maximum atomic E-state index is 15.0. The van der Waals surface area contributed by atoms with Gasteiger partial charge in [-0.15, -0.1) is 0 Å². The Labute approximate surface area is 190 Å². The van der Waals surface area contributed by atoms with E-state index in [1.54, 1.807) is 0 Å². The van der Waals surface area contributed by atoms with E-state index in [1.165, 1.54) is 30.3 Å². The second-order valence-corrected chi connectivity index (χ2v) is 6.39. The van der Waals surface area contributed by atoms with Crippen LogP contribution in [0, 0.1) is 73.8 Å². The third-order valence-electron chi connectivity index (χ3n) is 4.51. The molecule has 2 aromatic carbocycles. The number of benzene rings is 2. The van der Waals surface area contributed by atoms with Crippen molar-refractivity contribution in [1.82, 2.24) is 0 Å². The molecule has 0 radical (unpaired) electrons. The lowest BCUT2D eigenvalue weighted by Crippen LogP contribution is -2.26. The van der Waals surface area contributed by atoms with Gasteiger partial charge in [0.1, 0.15) is 47.8 Å². The first-order chi connectivity index (χ1) is 16.3. The highest BCUT2D eigenvalue weighted by molar-refractivity contribution is 5.81. The molecule has 170 valence electrons. The van der Waals surface area contributed by atoms with Gasteiger partial charge in [0.15, 0.2) is 0 Å². The highest BCUT2D eigenvalue weighted by Crippen LogP contribution is 2.40. The summed E-state index contributed by atoms with van der Waals surface area (Å²) in [4.78, 5) is 0. The number of nitrogens with zero attached hydrogens (tertiary/aromatic N) is 6. The fourth-order valence-electron chi connectivity index (χ4n) is 3.08. The fraction of sp³-hybridized carbons (Fsp3) is 0.0909. The van der Waals surface area contributed by atoms with E-state index in [1.807, 2.05) is 0 Å². The van der Waals surface area contributed by atoms with E-state index in [9.17, 15) is 42.1 Å². The van der Waals surface area contributed by atoms with Crippen LogP contribution in [0.2, 0.25) is 0 Å². The van der Waals surface area contributed by atoms with Crippen molar-refractivity contribution in [3.05, 3.63) is 67.8 Å². The third-order valence-corrected chi connectivity index (χ3v) is 4.51. The zero-order chi connectivity index (χ0) is 26.7. The van der Waals surface area contributed by atoms with E-state index < -0.39 is 73.1 Å². The topological polar surface area (TPSA) is 143 Å². The maximum absolute atomic E-state index is 15.0. The van der Waals surface area contributed by atoms with Crippen LogP contribution in [0.1, 0.15) is 33.4 Å². The summed E-state index contributed by atoms with van der Waals surface area (Å²) in [7, 11) is 0. The van der Waals surface area contributed by atoms with Gasteiger partial charge in [-0.05, 0) is 23.8 Å². The van der Waals surface area contributed by atoms with Crippen molar-refractivity contribution in [1.29, 1.82) is 31.6 Å². The Balaban J connectivity index is 3.34. The van der Waals surface area contributed by atoms with Gasteiger partial charge in [-0.25, -0.2) is 4.39 Å². The number of nitriles is 6. The molecular formula is C22H3F7N6. The van der Waals surface area contributed by atoms with Gasteiger partial charge in [-0.2, -0.15) is 57.9 Å². The largest absolute Gasteiger partial charge is 0.417 e. The average molecular weight is 484 g/mol. The molecule has 35 heavy (non-hydrogen) atoms. The van der Waals surface area contributed by atoms with Crippen LogP contribution >= 0.6 is 0 Å². The molecule has 0 aliphatic heterocycles. The average Bonchev–Trinajstić information content (AvgIpc) is 2.79. The lowest BCUT2D eigenvalue weighted by Gasteiger charge is -2.17. The van der Waals surface area contributed by atoms with Crippen LogP contribution in [0.15, 0.2) is 18.2 Å². The van der Waals surface area contributed by atoms with Gasteiger partial charge in [0.25, 0.3) is 0 Å². The van der Waals surface area contributed by atoms with Crippen LogP contribution in [0.4, 0.5) is 30.7 Å². The molecule has 6 nitrogen and oxygen atoms in total. The van der Waals surface area contributed by atoms with Crippen molar-refractivity contribution in [3.8, 4) is 36.4 Å². The highest BCUT2D eigenvalue weighted by Gasteiger charge is 2.42. The van der Waals surface area contributed by atoms with Crippen molar-refractivity contribution in [2.75, 3.05) is 0 Å². The molecule has 2 rings (SSSR count). The first-order valence-corrected chi connectivity index (χ1v) is 8.65. The molecule has 0 unspecified atom stereocenters. The number of halogens is 7. The summed E-state index contributed by atoms with van der Waals surface area (Å²) in [6.07, 6.45) is -11.0. The normalized spacial score (nSPS) is 11.6. The standard InChI is InChI=1S/C22H3F7N6/c23-19-3-12(11(4-30)5-31)14(7-33)15(8-34)20(19)13(6-32)10-1-17(21(24,25)26)16(9-35)18(2-10)22(27,28)29/h1-3H/b20-13-. The lowest BCUT2D eigenvalue weighted by molar-refractivity contribution is -0.143. The SMILES string of the molecule is N#CC(C#N)=c1cc(F)/c(=C(/C#N)c2cc(C(F)(F)F)c(C#N)c(C(F)(F)F)c2)c(C#N)c1C#N. The van der Waals surface area contributed by atoms with Crippen LogP contribution in [-0.2, 0) is 12.4 Å². The molecule has 0 saturated heterocycles. The quantitative estimate of drug-likeness (QED) is 0.568. The van der Waals surface area contributed by atoms with E-state index in [2.05, 4.69) is 0 Å². The Morgan fingerprint density at radius 3 is 1.43 bits per heavy atom. The van der Waals surface area contributed by atoms with Gasteiger partial charge < -0.3 is 0 Å². The predicted octanol–water partition coefficient (Wildman–Crippen LogP) is 3.40. The second kappa shape index (κ2) is 9.24. The monoisotopic (exact) mass is 484 g/mol. The third kappa shape index (κ3) is 4.57. The van der Waals surface area contributed by atoms with Crippen molar-refractivity contribution < 1.29 is 30.7 Å². The first kappa shape index (κ1) is 25.9. The van der Waals surface area contributed by atoms with Crippen LogP contribution in [0.5, 0.6) is 0 Å². The summed E-state index contributed by atoms with van der Waals surface area (Å²) in [5, 5.41) is 53.6. The van der Waals surface area contributed by atoms with Gasteiger partial charge in [0, 0.05) is 10.4 Å². The number of rotatable bonds is 1. The van der Waals surface area contributed by atoms with Crippen LogP contribution in [0.25, 0.3) is 11.1 Å². The zero-order valence-corrected chi connectivity index (χ0v) is 16.6. The molecule has 0 bridgehead atoms. The molecule has 0 atom stereocenters. The van der Waals surface area contributed by atoms with Gasteiger partial charge >= 0.3 is 12.4 Å². The van der Waals surface area contributed by atoms with Crippen LogP contribution in [0.3, 0.4) is 0 Å². The molecule has 13 heteroatoms. The smallest absolute Gasteiger partial charge is 0.206 e. The zero-order valence-electron chi connectivity index (χ0n) is 16.6. The van der Waals surface area contributed by atoms with E-state index in [0.717, 1.165) is 6.07 Å². The summed E-state index contributed by atoms with van der Waals surface area (Å²) >= 11 is 0. The Bertz CT molecular complexity index is 1590. The maximum Gasteiger partial charge on any atom is 0.417 e. The Kier molecular flexibility index (Phi) is 6.84. The number of hydrogen-bond acceptors (Lipinski definition) is 6. The number of hydrogen-bond donors (Lipinski definition) is 0. The summed E-state index contributed by atoms with van der Waals surface area (Å²) in [6.45, 7) is 0. The summed E-state index contributed by atoms with van der Waals surface area (Å²) in [5.41, 5.74) is -10.9. The summed E-state index contributed by atoms with van der Waals surface area (Å²) in [6, 6.07) is 7.91. The van der Waals surface area contributed by atoms with Crippen molar-refractivity contribution in [2.45, 2.75) is 12.4 Å².